The fourth-order valence-corrected chi connectivity index (χ4v) is 6.16. The summed E-state index contributed by atoms with van der Waals surface area (Å²) in [5.41, 5.74) is 7.00. The van der Waals surface area contributed by atoms with Crippen LogP contribution in [0.3, 0.4) is 0 Å². The van der Waals surface area contributed by atoms with Gasteiger partial charge in [-0.05, 0) is 45.0 Å². The van der Waals surface area contributed by atoms with Crippen LogP contribution in [0.15, 0.2) is 46.0 Å². The summed E-state index contributed by atoms with van der Waals surface area (Å²) < 4.78 is 37.0. The van der Waals surface area contributed by atoms with Crippen LogP contribution in [-0.4, -0.2) is 49.7 Å². The van der Waals surface area contributed by atoms with Crippen LogP contribution in [0.1, 0.15) is 26.3 Å². The van der Waals surface area contributed by atoms with Gasteiger partial charge in [-0.2, -0.15) is 0 Å². The summed E-state index contributed by atoms with van der Waals surface area (Å²) in [5, 5.41) is 3.17. The molecule has 1 aliphatic rings. The molecule has 1 aromatic carbocycles. The maximum absolute atomic E-state index is 15.0. The molecule has 0 aliphatic carbocycles. The predicted molar refractivity (Wildman–Crippen MR) is 128 cm³/mol. The molecule has 4 rings (SSSR count). The molecular formula is C22H26FN7O2S. The van der Waals surface area contributed by atoms with Gasteiger partial charge in [0, 0.05) is 24.5 Å². The van der Waals surface area contributed by atoms with E-state index in [1.54, 1.807) is 45.2 Å². The van der Waals surface area contributed by atoms with Crippen molar-refractivity contribution in [2.45, 2.75) is 31.1 Å². The molecule has 2 atom stereocenters. The number of halogens is 1. The number of anilines is 2. The number of methoxy groups -OCH3 is 1. The SMILES string of the molecule is CN=S1(=O)C[C@@](C)(c2cc(Nc3nccc4nc(OC)cnc34)ccc2F)N=C(N)C1(C)C. The Balaban J connectivity index is 1.78. The lowest BCUT2D eigenvalue weighted by atomic mass is 9.92. The number of benzene rings is 1. The van der Waals surface area contributed by atoms with E-state index in [1.807, 2.05) is 0 Å². The van der Waals surface area contributed by atoms with Crippen molar-refractivity contribution in [1.82, 2.24) is 15.0 Å². The Morgan fingerprint density at radius 1 is 1.24 bits per heavy atom. The van der Waals surface area contributed by atoms with Gasteiger partial charge in [0.1, 0.15) is 27.5 Å². The van der Waals surface area contributed by atoms with E-state index in [9.17, 15) is 4.21 Å². The van der Waals surface area contributed by atoms with Crippen molar-refractivity contribution >= 4 is 38.1 Å². The van der Waals surface area contributed by atoms with E-state index in [1.165, 1.54) is 26.4 Å². The normalized spacial score (nSPS) is 24.2. The molecule has 2 aromatic heterocycles. The fraction of sp³-hybridized carbons (Fsp3) is 0.364. The average Bonchev–Trinajstić information content (AvgIpc) is 2.78. The molecule has 0 amide bonds. The lowest BCUT2D eigenvalue weighted by molar-refractivity contribution is 0.397. The van der Waals surface area contributed by atoms with Crippen LogP contribution in [-0.2, 0) is 15.3 Å². The quantitative estimate of drug-likeness (QED) is 0.597. The number of ether oxygens (including phenoxy) is 1. The first-order valence-electron chi connectivity index (χ1n) is 10.2. The highest BCUT2D eigenvalue weighted by Gasteiger charge is 2.47. The summed E-state index contributed by atoms with van der Waals surface area (Å²) in [6, 6.07) is 6.26. The molecular weight excluding hydrogens is 445 g/mol. The van der Waals surface area contributed by atoms with Gasteiger partial charge in [0.05, 0.1) is 34.3 Å². The molecule has 1 unspecified atom stereocenters. The predicted octanol–water partition coefficient (Wildman–Crippen LogP) is 3.38. The molecule has 174 valence electrons. The van der Waals surface area contributed by atoms with E-state index in [0.29, 0.717) is 28.4 Å². The van der Waals surface area contributed by atoms with Crippen molar-refractivity contribution in [3.8, 4) is 5.88 Å². The molecule has 11 heteroatoms. The fourth-order valence-electron chi connectivity index (χ4n) is 3.86. The Labute approximate surface area is 191 Å². The smallest absolute Gasteiger partial charge is 0.232 e. The minimum absolute atomic E-state index is 0.0440. The second-order valence-electron chi connectivity index (χ2n) is 8.51. The zero-order chi connectivity index (χ0) is 24.0. The number of aromatic nitrogens is 3. The maximum Gasteiger partial charge on any atom is 0.232 e. The largest absolute Gasteiger partial charge is 0.480 e. The van der Waals surface area contributed by atoms with Crippen LogP contribution >= 0.6 is 0 Å². The van der Waals surface area contributed by atoms with Gasteiger partial charge >= 0.3 is 0 Å². The summed E-state index contributed by atoms with van der Waals surface area (Å²) in [6.07, 6.45) is 3.09. The lowest BCUT2D eigenvalue weighted by Gasteiger charge is -2.40. The number of hydrogen-bond acceptors (Lipinski definition) is 9. The van der Waals surface area contributed by atoms with Crippen molar-refractivity contribution in [1.29, 1.82) is 0 Å². The third-order valence-electron chi connectivity index (χ3n) is 6.01. The van der Waals surface area contributed by atoms with Crippen molar-refractivity contribution < 1.29 is 13.3 Å². The second-order valence-corrected chi connectivity index (χ2v) is 11.5. The van der Waals surface area contributed by atoms with Crippen molar-refractivity contribution in [3.05, 3.63) is 48.0 Å². The minimum Gasteiger partial charge on any atom is -0.480 e. The van der Waals surface area contributed by atoms with E-state index in [4.69, 9.17) is 10.5 Å². The zero-order valence-corrected chi connectivity index (χ0v) is 19.9. The molecule has 33 heavy (non-hydrogen) atoms. The van der Waals surface area contributed by atoms with Crippen molar-refractivity contribution in [3.63, 3.8) is 0 Å². The standard InChI is InChI=1S/C22H26FN7O2S/c1-21(2)20(24)30-22(3,12-33(21,31)25-4)14-10-13(6-7-15(14)23)28-19-18-16(8-9-26-19)29-17(32-5)11-27-18/h6-11H,12H2,1-5H3,(H2,24,30)(H,26,28)/t22-,33?/m0/s1. The van der Waals surface area contributed by atoms with E-state index in [2.05, 4.69) is 29.6 Å². The summed E-state index contributed by atoms with van der Waals surface area (Å²) in [7, 11) is 0.220. The highest BCUT2D eigenvalue weighted by molar-refractivity contribution is 7.95. The van der Waals surface area contributed by atoms with Crippen molar-refractivity contribution in [2.24, 2.45) is 15.1 Å². The Kier molecular flexibility index (Phi) is 5.47. The highest BCUT2D eigenvalue weighted by atomic mass is 32.2. The molecule has 0 saturated heterocycles. The Morgan fingerprint density at radius 2 is 2.00 bits per heavy atom. The Morgan fingerprint density at radius 3 is 2.70 bits per heavy atom. The number of nitrogens with two attached hydrogens (primary N) is 1. The maximum atomic E-state index is 15.0. The van der Waals surface area contributed by atoms with Gasteiger partial charge in [-0.25, -0.2) is 27.9 Å². The number of rotatable bonds is 4. The molecule has 0 spiro atoms. The Bertz CT molecular complexity index is 1400. The zero-order valence-electron chi connectivity index (χ0n) is 19.1. The van der Waals surface area contributed by atoms with Gasteiger partial charge < -0.3 is 15.8 Å². The number of aliphatic imine (C=N–C) groups is 1. The molecule has 3 aromatic rings. The molecule has 3 heterocycles. The second kappa shape index (κ2) is 7.91. The molecule has 0 fully saturated rings. The number of fused-ring (bicyclic) bond motifs is 1. The molecule has 9 nitrogen and oxygen atoms in total. The van der Waals surface area contributed by atoms with Gasteiger partial charge in [0.15, 0.2) is 5.82 Å². The van der Waals surface area contributed by atoms with Gasteiger partial charge in [0.25, 0.3) is 0 Å². The molecule has 1 aliphatic heterocycles. The van der Waals surface area contributed by atoms with E-state index >= 15 is 4.39 Å². The Hall–Kier alpha value is -3.34. The number of nitrogens with one attached hydrogen (secondary N) is 1. The number of hydrogen-bond donors (Lipinski definition) is 2. The first-order chi connectivity index (χ1) is 15.5. The summed E-state index contributed by atoms with van der Waals surface area (Å²) in [4.78, 5) is 17.7. The average molecular weight is 472 g/mol. The first kappa shape index (κ1) is 22.8. The molecule has 0 saturated carbocycles. The third-order valence-corrected chi connectivity index (χ3v) is 9.36. The van der Waals surface area contributed by atoms with Crippen molar-refractivity contribution in [2.75, 3.05) is 25.2 Å². The molecule has 0 bridgehead atoms. The van der Waals surface area contributed by atoms with E-state index in [0.717, 1.165) is 0 Å². The van der Waals surface area contributed by atoms with Gasteiger partial charge in [0.2, 0.25) is 5.88 Å². The topological polar surface area (TPSA) is 128 Å². The monoisotopic (exact) mass is 471 g/mol. The third kappa shape index (κ3) is 3.75. The summed E-state index contributed by atoms with van der Waals surface area (Å²) >= 11 is 0. The van der Waals surface area contributed by atoms with Crippen LogP contribution in [0.5, 0.6) is 5.88 Å². The molecule has 3 N–H and O–H groups in total. The van der Waals surface area contributed by atoms with Crippen LogP contribution in [0, 0.1) is 5.82 Å². The van der Waals surface area contributed by atoms with Crippen LogP contribution < -0.4 is 15.8 Å². The molecule has 0 radical (unpaired) electrons. The lowest BCUT2D eigenvalue weighted by Crippen LogP contribution is -2.54. The number of nitrogens with zero attached hydrogens (tertiary/aromatic N) is 5. The first-order valence-corrected chi connectivity index (χ1v) is 11.9. The van der Waals surface area contributed by atoms with E-state index < -0.39 is 25.8 Å². The number of amidine groups is 1. The van der Waals surface area contributed by atoms with E-state index in [-0.39, 0.29) is 17.2 Å². The van der Waals surface area contributed by atoms with Crippen LogP contribution in [0.25, 0.3) is 11.0 Å². The van der Waals surface area contributed by atoms with Crippen LogP contribution in [0.4, 0.5) is 15.9 Å². The van der Waals surface area contributed by atoms with Gasteiger partial charge in [-0.1, -0.05) is 0 Å². The van der Waals surface area contributed by atoms with Gasteiger partial charge in [-0.3, -0.25) is 4.99 Å². The van der Waals surface area contributed by atoms with Crippen LogP contribution in [0.2, 0.25) is 0 Å². The van der Waals surface area contributed by atoms with Gasteiger partial charge in [-0.15, -0.1) is 0 Å². The summed E-state index contributed by atoms with van der Waals surface area (Å²) in [5.74, 6) is 0.586. The highest BCUT2D eigenvalue weighted by Crippen LogP contribution is 2.40. The summed E-state index contributed by atoms with van der Waals surface area (Å²) in [6.45, 7) is 5.21. The number of pyridine rings is 1. The minimum atomic E-state index is -2.80.